The number of fused-ring (bicyclic) bond motifs is 2. The summed E-state index contributed by atoms with van der Waals surface area (Å²) in [7, 11) is 0. The first-order valence-corrected chi connectivity index (χ1v) is 12.4. The molecule has 1 saturated heterocycles. The lowest BCUT2D eigenvalue weighted by Gasteiger charge is -2.28. The van der Waals surface area contributed by atoms with Gasteiger partial charge in [0.25, 0.3) is 0 Å². The molecule has 184 valence electrons. The number of hydrogen-bond donors (Lipinski definition) is 1. The number of aryl methyl sites for hydroxylation is 1. The maximum Gasteiger partial charge on any atom is 0.160 e. The van der Waals surface area contributed by atoms with Crippen molar-refractivity contribution in [3.63, 3.8) is 0 Å². The summed E-state index contributed by atoms with van der Waals surface area (Å²) in [5, 5.41) is 8.47. The quantitative estimate of drug-likeness (QED) is 0.411. The number of rotatable bonds is 4. The monoisotopic (exact) mass is 487 g/mol. The fraction of sp³-hybridized carbons (Fsp3) is 0.407. The third kappa shape index (κ3) is 4.21. The number of alkyl halides is 1. The maximum absolute atomic E-state index is 14.0. The van der Waals surface area contributed by atoms with Gasteiger partial charge in [-0.05, 0) is 51.2 Å². The third-order valence-electron chi connectivity index (χ3n) is 7.23. The topological polar surface area (TPSA) is 71.2 Å². The molecule has 0 spiro atoms. The normalized spacial score (nSPS) is 22.3. The molecule has 0 bridgehead atoms. The summed E-state index contributed by atoms with van der Waals surface area (Å²) >= 11 is 0. The largest absolute Gasteiger partial charge is 0.367 e. The van der Waals surface area contributed by atoms with Crippen LogP contribution in [0.15, 0.2) is 30.3 Å². The summed E-state index contributed by atoms with van der Waals surface area (Å²) in [4.78, 5) is 16.1. The van der Waals surface area contributed by atoms with E-state index in [2.05, 4.69) is 21.2 Å². The second-order valence-corrected chi connectivity index (χ2v) is 9.78. The first kappa shape index (κ1) is 22.7. The van der Waals surface area contributed by atoms with E-state index >= 15 is 0 Å². The van der Waals surface area contributed by atoms with E-state index in [-0.39, 0.29) is 11.9 Å². The van der Waals surface area contributed by atoms with Gasteiger partial charge >= 0.3 is 0 Å². The van der Waals surface area contributed by atoms with Crippen molar-refractivity contribution in [3.05, 3.63) is 41.8 Å². The summed E-state index contributed by atoms with van der Waals surface area (Å²) in [6.45, 7) is 2.82. The van der Waals surface area contributed by atoms with Crippen molar-refractivity contribution < 1.29 is 8.78 Å². The van der Waals surface area contributed by atoms with E-state index in [1.165, 1.54) is 12.1 Å². The van der Waals surface area contributed by atoms with E-state index in [4.69, 9.17) is 16.5 Å². The van der Waals surface area contributed by atoms with Gasteiger partial charge in [0.2, 0.25) is 0 Å². The number of nitrogens with one attached hydrogen (secondary N) is 1. The molecule has 4 heterocycles. The van der Waals surface area contributed by atoms with Crippen LogP contribution in [-0.2, 0) is 0 Å². The van der Waals surface area contributed by atoms with Crippen LogP contribution in [0.25, 0.3) is 28.1 Å². The lowest BCUT2D eigenvalue weighted by Crippen LogP contribution is -2.27. The molecule has 7 nitrogen and oxygen atoms in total. The summed E-state index contributed by atoms with van der Waals surface area (Å²) in [5.74, 6) is 4.36. The van der Waals surface area contributed by atoms with Gasteiger partial charge in [-0.3, -0.25) is 0 Å². The summed E-state index contributed by atoms with van der Waals surface area (Å²) < 4.78 is 29.6. The minimum Gasteiger partial charge on any atom is -0.367 e. The Morgan fingerprint density at radius 1 is 1.03 bits per heavy atom. The van der Waals surface area contributed by atoms with E-state index in [1.54, 1.807) is 10.6 Å². The van der Waals surface area contributed by atoms with Crippen molar-refractivity contribution in [3.8, 4) is 23.7 Å². The first-order valence-electron chi connectivity index (χ1n) is 12.4. The van der Waals surface area contributed by atoms with Gasteiger partial charge in [-0.1, -0.05) is 0 Å². The Bertz CT molecular complexity index is 1480. The van der Waals surface area contributed by atoms with Gasteiger partial charge in [-0.25, -0.2) is 23.7 Å². The molecule has 2 aliphatic rings. The van der Waals surface area contributed by atoms with Crippen LogP contribution in [0.4, 0.5) is 20.4 Å². The van der Waals surface area contributed by atoms with Crippen LogP contribution >= 0.6 is 0 Å². The second kappa shape index (κ2) is 9.01. The number of terminal acetylenes is 1. The summed E-state index contributed by atoms with van der Waals surface area (Å²) in [6, 6.07) is 8.44. The highest BCUT2D eigenvalue weighted by molar-refractivity contribution is 5.78. The van der Waals surface area contributed by atoms with Gasteiger partial charge in [0.15, 0.2) is 5.65 Å². The molecule has 1 aliphatic heterocycles. The number of halogens is 2. The number of anilines is 2. The average Bonchev–Trinajstić information content (AvgIpc) is 3.51. The van der Waals surface area contributed by atoms with E-state index in [0.717, 1.165) is 37.3 Å². The maximum atomic E-state index is 14.0. The van der Waals surface area contributed by atoms with Gasteiger partial charge in [0.05, 0.1) is 23.3 Å². The standard InChI is InChI=1S/C27H27F2N7/c1-3-17-4-7-20(8-5-17)31-26-14-24(35-11-10-19(29)15-35)33-25-13-23(34-36(25)26)27-16(2)30-21-9-6-18(28)12-22(21)32-27/h1,6,9,12-14,17,19-20,31H,4-5,7-8,10-11,15H2,2H3/t17-,19-,20+/m1/s1. The zero-order valence-corrected chi connectivity index (χ0v) is 20.1. The Hall–Kier alpha value is -3.80. The molecular weight excluding hydrogens is 460 g/mol. The van der Waals surface area contributed by atoms with Crippen molar-refractivity contribution in [1.29, 1.82) is 0 Å². The van der Waals surface area contributed by atoms with Crippen LogP contribution in [0.5, 0.6) is 0 Å². The molecule has 2 fully saturated rings. The fourth-order valence-electron chi connectivity index (χ4n) is 5.24. The predicted molar refractivity (Wildman–Crippen MR) is 136 cm³/mol. The Labute approximate surface area is 208 Å². The first-order chi connectivity index (χ1) is 17.5. The molecule has 1 N–H and O–H groups in total. The molecule has 0 radical (unpaired) electrons. The third-order valence-corrected chi connectivity index (χ3v) is 7.23. The van der Waals surface area contributed by atoms with Crippen molar-refractivity contribution in [2.75, 3.05) is 23.3 Å². The highest BCUT2D eigenvalue weighted by Crippen LogP contribution is 2.31. The molecule has 0 amide bonds. The van der Waals surface area contributed by atoms with Crippen LogP contribution in [0, 0.1) is 31.0 Å². The van der Waals surface area contributed by atoms with E-state index in [0.29, 0.717) is 59.2 Å². The van der Waals surface area contributed by atoms with E-state index in [1.807, 2.05) is 24.0 Å². The summed E-state index contributed by atoms with van der Waals surface area (Å²) in [5.41, 5.74) is 3.59. The SMILES string of the molecule is C#C[C@H]1CC[C@@H](Nc2cc(N3CC[C@@H](F)C3)nc3cc(-c4nc5cc(F)ccc5nc4C)nn23)CC1. The molecule has 1 saturated carbocycles. The molecule has 1 atom stereocenters. The van der Waals surface area contributed by atoms with Crippen molar-refractivity contribution in [2.45, 2.75) is 51.2 Å². The van der Waals surface area contributed by atoms with Gasteiger partial charge < -0.3 is 10.2 Å². The van der Waals surface area contributed by atoms with Crippen molar-refractivity contribution in [1.82, 2.24) is 24.6 Å². The molecule has 0 unspecified atom stereocenters. The minimum atomic E-state index is -0.852. The van der Waals surface area contributed by atoms with Gasteiger partial charge in [-0.15, -0.1) is 12.3 Å². The molecule has 9 heteroatoms. The van der Waals surface area contributed by atoms with E-state index in [9.17, 15) is 8.78 Å². The Kier molecular flexibility index (Phi) is 5.67. The zero-order valence-electron chi connectivity index (χ0n) is 20.1. The average molecular weight is 488 g/mol. The molecule has 1 aliphatic carbocycles. The Morgan fingerprint density at radius 3 is 2.61 bits per heavy atom. The van der Waals surface area contributed by atoms with Crippen LogP contribution in [-0.4, -0.2) is 49.9 Å². The number of benzene rings is 1. The smallest absolute Gasteiger partial charge is 0.160 e. The lowest BCUT2D eigenvalue weighted by atomic mass is 9.86. The van der Waals surface area contributed by atoms with Crippen LogP contribution in [0.2, 0.25) is 0 Å². The highest BCUT2D eigenvalue weighted by Gasteiger charge is 2.26. The minimum absolute atomic E-state index is 0.262. The molecule has 6 rings (SSSR count). The van der Waals surface area contributed by atoms with Crippen LogP contribution in [0.3, 0.4) is 0 Å². The number of nitrogens with zero attached hydrogens (tertiary/aromatic N) is 6. The number of aromatic nitrogens is 5. The molecule has 1 aromatic carbocycles. The highest BCUT2D eigenvalue weighted by atomic mass is 19.1. The van der Waals surface area contributed by atoms with Crippen molar-refractivity contribution in [2.24, 2.45) is 5.92 Å². The van der Waals surface area contributed by atoms with Crippen LogP contribution in [0.1, 0.15) is 37.8 Å². The van der Waals surface area contributed by atoms with Crippen LogP contribution < -0.4 is 10.2 Å². The Balaban J connectivity index is 1.42. The predicted octanol–water partition coefficient (Wildman–Crippen LogP) is 4.94. The second-order valence-electron chi connectivity index (χ2n) is 9.78. The summed E-state index contributed by atoms with van der Waals surface area (Å²) in [6.07, 6.45) is 9.19. The fourth-order valence-corrected chi connectivity index (χ4v) is 5.24. The number of hydrogen-bond acceptors (Lipinski definition) is 6. The van der Waals surface area contributed by atoms with Gasteiger partial charge in [-0.2, -0.15) is 9.61 Å². The lowest BCUT2D eigenvalue weighted by molar-refractivity contribution is 0.364. The zero-order chi connectivity index (χ0) is 24.8. The van der Waals surface area contributed by atoms with Crippen molar-refractivity contribution >= 4 is 28.3 Å². The molecular formula is C27H27F2N7. The molecule has 4 aromatic rings. The Morgan fingerprint density at radius 2 is 1.86 bits per heavy atom. The van der Waals surface area contributed by atoms with E-state index < -0.39 is 6.17 Å². The van der Waals surface area contributed by atoms with Gasteiger partial charge in [0.1, 0.15) is 35.0 Å². The molecule has 3 aromatic heterocycles. The molecule has 36 heavy (non-hydrogen) atoms. The van der Waals surface area contributed by atoms with Gasteiger partial charge in [0, 0.05) is 36.7 Å².